The molecule has 148 valence electrons. The van der Waals surface area contributed by atoms with Crippen LogP contribution >= 0.6 is 11.8 Å². The Morgan fingerprint density at radius 1 is 1.25 bits per heavy atom. The molecule has 0 saturated carbocycles. The molecule has 1 atom stereocenters. The number of thioether (sulfide) groups is 1. The third-order valence-corrected chi connectivity index (χ3v) is 6.36. The SMILES string of the molecule is CCn1c(S[C@@H](C)C(=O)c2ccc(OC)cc2)nc2cc(S(N)(=O)=O)ccc21. The highest BCUT2D eigenvalue weighted by Crippen LogP contribution is 2.30. The second kappa shape index (κ2) is 7.94. The maximum atomic E-state index is 12.8. The zero-order chi connectivity index (χ0) is 20.5. The van der Waals surface area contributed by atoms with Crippen molar-refractivity contribution in [2.24, 2.45) is 5.14 Å². The van der Waals surface area contributed by atoms with Gasteiger partial charge in [0.25, 0.3) is 0 Å². The van der Waals surface area contributed by atoms with Gasteiger partial charge in [0.15, 0.2) is 10.9 Å². The first-order chi connectivity index (χ1) is 13.2. The lowest BCUT2D eigenvalue weighted by molar-refractivity contribution is 0.0994. The molecular formula is C19H21N3O4S2. The summed E-state index contributed by atoms with van der Waals surface area (Å²) in [6, 6.07) is 11.6. The number of methoxy groups -OCH3 is 1. The van der Waals surface area contributed by atoms with Crippen LogP contribution in [0.25, 0.3) is 11.0 Å². The number of hydrogen-bond donors (Lipinski definition) is 1. The minimum absolute atomic E-state index is 0.0136. The van der Waals surface area contributed by atoms with E-state index in [9.17, 15) is 13.2 Å². The number of ether oxygens (including phenoxy) is 1. The summed E-state index contributed by atoms with van der Waals surface area (Å²) in [5.74, 6) is 0.669. The maximum absolute atomic E-state index is 12.8. The fourth-order valence-corrected chi connectivity index (χ4v) is 4.46. The van der Waals surface area contributed by atoms with Gasteiger partial charge < -0.3 is 9.30 Å². The van der Waals surface area contributed by atoms with Crippen LogP contribution in [-0.2, 0) is 16.6 Å². The third-order valence-electron chi connectivity index (χ3n) is 4.36. The van der Waals surface area contributed by atoms with Gasteiger partial charge in [-0.3, -0.25) is 4.79 Å². The lowest BCUT2D eigenvalue weighted by Crippen LogP contribution is -2.14. The topological polar surface area (TPSA) is 104 Å². The first kappa shape index (κ1) is 20.4. The van der Waals surface area contributed by atoms with Crippen LogP contribution in [0.2, 0.25) is 0 Å². The van der Waals surface area contributed by atoms with E-state index in [0.717, 1.165) is 5.52 Å². The van der Waals surface area contributed by atoms with E-state index in [-0.39, 0.29) is 15.9 Å². The number of benzene rings is 2. The van der Waals surface area contributed by atoms with Crippen LogP contribution in [0, 0.1) is 0 Å². The normalized spacial score (nSPS) is 12.9. The van der Waals surface area contributed by atoms with Gasteiger partial charge >= 0.3 is 0 Å². The summed E-state index contributed by atoms with van der Waals surface area (Å²) in [4.78, 5) is 17.3. The molecule has 3 rings (SSSR count). The van der Waals surface area contributed by atoms with E-state index in [2.05, 4.69) is 4.98 Å². The molecule has 28 heavy (non-hydrogen) atoms. The number of sulfonamides is 1. The van der Waals surface area contributed by atoms with E-state index < -0.39 is 10.0 Å². The van der Waals surface area contributed by atoms with Gasteiger partial charge in [0.05, 0.1) is 28.3 Å². The Labute approximate surface area is 167 Å². The van der Waals surface area contributed by atoms with Crippen molar-refractivity contribution in [3.05, 3.63) is 48.0 Å². The predicted octanol–water partition coefficient (Wildman–Crippen LogP) is 3.08. The van der Waals surface area contributed by atoms with Crippen LogP contribution in [0.1, 0.15) is 24.2 Å². The number of carbonyl (C=O) groups excluding carboxylic acids is 1. The number of hydrogen-bond acceptors (Lipinski definition) is 6. The van der Waals surface area contributed by atoms with Gasteiger partial charge in [-0.2, -0.15) is 0 Å². The van der Waals surface area contributed by atoms with Crippen LogP contribution in [0.4, 0.5) is 0 Å². The molecule has 0 amide bonds. The number of carbonyl (C=O) groups is 1. The van der Waals surface area contributed by atoms with Crippen molar-refractivity contribution in [3.8, 4) is 5.75 Å². The molecule has 0 fully saturated rings. The number of ketones is 1. The number of aryl methyl sites for hydroxylation is 1. The molecule has 3 aromatic rings. The van der Waals surface area contributed by atoms with Crippen LogP contribution in [-0.4, -0.2) is 36.1 Å². The van der Waals surface area contributed by atoms with E-state index in [1.54, 1.807) is 37.4 Å². The summed E-state index contributed by atoms with van der Waals surface area (Å²) in [5, 5.41) is 5.49. The number of imidazole rings is 1. The molecule has 0 aliphatic rings. The van der Waals surface area contributed by atoms with Gasteiger partial charge in [-0.1, -0.05) is 11.8 Å². The lowest BCUT2D eigenvalue weighted by atomic mass is 10.1. The number of aromatic nitrogens is 2. The smallest absolute Gasteiger partial charge is 0.238 e. The van der Waals surface area contributed by atoms with Gasteiger partial charge in [0.2, 0.25) is 10.0 Å². The molecule has 0 bridgehead atoms. The lowest BCUT2D eigenvalue weighted by Gasteiger charge is -2.11. The van der Waals surface area contributed by atoms with Crippen molar-refractivity contribution in [3.63, 3.8) is 0 Å². The Morgan fingerprint density at radius 2 is 1.93 bits per heavy atom. The van der Waals surface area contributed by atoms with Gasteiger partial charge in [-0.05, 0) is 56.3 Å². The molecule has 0 aliphatic heterocycles. The van der Waals surface area contributed by atoms with Crippen LogP contribution in [0.15, 0.2) is 52.5 Å². The summed E-state index contributed by atoms with van der Waals surface area (Å²) >= 11 is 1.34. The molecule has 0 aliphatic carbocycles. The Kier molecular flexibility index (Phi) is 5.78. The number of rotatable bonds is 7. The highest BCUT2D eigenvalue weighted by atomic mass is 32.2. The molecule has 9 heteroatoms. The zero-order valence-electron chi connectivity index (χ0n) is 15.7. The Morgan fingerprint density at radius 3 is 2.50 bits per heavy atom. The molecule has 0 saturated heterocycles. The molecule has 0 radical (unpaired) electrons. The second-order valence-corrected chi connectivity index (χ2v) is 9.06. The highest BCUT2D eigenvalue weighted by Gasteiger charge is 2.21. The standard InChI is InChI=1S/C19H21N3O4S2/c1-4-22-17-10-9-15(28(20,24)25)11-16(17)21-19(22)27-12(2)18(23)13-5-7-14(26-3)8-6-13/h5-12H,4H2,1-3H3,(H2,20,24,25)/t12-/m0/s1. The molecule has 7 nitrogen and oxygen atoms in total. The van der Waals surface area contributed by atoms with Crippen molar-refractivity contribution in [2.75, 3.05) is 7.11 Å². The quantitative estimate of drug-likeness (QED) is 0.466. The summed E-state index contributed by atoms with van der Waals surface area (Å²) in [5.41, 5.74) is 1.91. The number of primary sulfonamides is 1. The summed E-state index contributed by atoms with van der Waals surface area (Å²) in [6.07, 6.45) is 0. The maximum Gasteiger partial charge on any atom is 0.238 e. The van der Waals surface area contributed by atoms with E-state index in [4.69, 9.17) is 9.88 Å². The van der Waals surface area contributed by atoms with Gasteiger partial charge in [0, 0.05) is 12.1 Å². The van der Waals surface area contributed by atoms with Crippen LogP contribution < -0.4 is 9.88 Å². The fourth-order valence-electron chi connectivity index (χ4n) is 2.86. The van der Waals surface area contributed by atoms with Crippen molar-refractivity contribution in [1.29, 1.82) is 0 Å². The molecule has 2 aromatic carbocycles. The fraction of sp³-hybridized carbons (Fsp3) is 0.263. The number of nitrogens with zero attached hydrogens (tertiary/aromatic N) is 2. The zero-order valence-corrected chi connectivity index (χ0v) is 17.4. The Bertz CT molecular complexity index is 1120. The summed E-state index contributed by atoms with van der Waals surface area (Å²) in [7, 11) is -2.23. The number of fused-ring (bicyclic) bond motifs is 1. The summed E-state index contributed by atoms with van der Waals surface area (Å²) < 4.78 is 30.3. The highest BCUT2D eigenvalue weighted by molar-refractivity contribution is 8.00. The average Bonchev–Trinajstić information content (AvgIpc) is 3.02. The van der Waals surface area contributed by atoms with Crippen molar-refractivity contribution in [1.82, 2.24) is 9.55 Å². The Balaban J connectivity index is 1.90. The largest absolute Gasteiger partial charge is 0.497 e. The first-order valence-electron chi connectivity index (χ1n) is 8.62. The first-order valence-corrected chi connectivity index (χ1v) is 11.0. The monoisotopic (exact) mass is 419 g/mol. The number of nitrogens with two attached hydrogens (primary N) is 1. The van der Waals surface area contributed by atoms with E-state index >= 15 is 0 Å². The molecular weight excluding hydrogens is 398 g/mol. The van der Waals surface area contributed by atoms with E-state index in [1.165, 1.54) is 23.9 Å². The molecule has 0 unspecified atom stereocenters. The van der Waals surface area contributed by atoms with Crippen LogP contribution in [0.5, 0.6) is 5.75 Å². The van der Waals surface area contributed by atoms with E-state index in [1.807, 2.05) is 18.4 Å². The minimum atomic E-state index is -3.80. The van der Waals surface area contributed by atoms with Gasteiger partial charge in [-0.25, -0.2) is 18.5 Å². The average molecular weight is 420 g/mol. The number of Topliss-reactive ketones (excluding diaryl/α,β-unsaturated/α-hetero) is 1. The molecule has 1 heterocycles. The van der Waals surface area contributed by atoms with E-state index in [0.29, 0.717) is 28.5 Å². The minimum Gasteiger partial charge on any atom is -0.497 e. The predicted molar refractivity (Wildman–Crippen MR) is 109 cm³/mol. The molecule has 0 spiro atoms. The van der Waals surface area contributed by atoms with Gasteiger partial charge in [-0.15, -0.1) is 0 Å². The molecule has 1 aromatic heterocycles. The third kappa shape index (κ3) is 4.06. The Hall–Kier alpha value is -2.36. The van der Waals surface area contributed by atoms with Crippen molar-refractivity contribution < 1.29 is 17.9 Å². The second-order valence-electron chi connectivity index (χ2n) is 6.19. The van der Waals surface area contributed by atoms with Crippen molar-refractivity contribution >= 4 is 38.6 Å². The van der Waals surface area contributed by atoms with Crippen LogP contribution in [0.3, 0.4) is 0 Å². The summed E-state index contributed by atoms with van der Waals surface area (Å²) in [6.45, 7) is 4.43. The van der Waals surface area contributed by atoms with Gasteiger partial charge in [0.1, 0.15) is 5.75 Å². The molecule has 2 N–H and O–H groups in total. The van der Waals surface area contributed by atoms with Crippen molar-refractivity contribution in [2.45, 2.75) is 35.7 Å².